The van der Waals surface area contributed by atoms with Gasteiger partial charge < -0.3 is 10.2 Å². The van der Waals surface area contributed by atoms with Gasteiger partial charge in [0, 0.05) is 26.6 Å². The number of nitrogens with one attached hydrogen (secondary N) is 2. The van der Waals surface area contributed by atoms with Gasteiger partial charge in [-0.2, -0.15) is 0 Å². The van der Waals surface area contributed by atoms with Gasteiger partial charge in [-0.1, -0.05) is 0 Å². The number of piperidine rings is 1. The first-order valence-electron chi connectivity index (χ1n) is 6.25. The molecule has 1 unspecified atom stereocenters. The Labute approximate surface area is 113 Å². The number of carbonyl (C=O) groups excluding carboxylic acids is 2. The van der Waals surface area contributed by atoms with Crippen LogP contribution in [0.15, 0.2) is 0 Å². The van der Waals surface area contributed by atoms with E-state index in [0.717, 1.165) is 19.1 Å². The van der Waals surface area contributed by atoms with Gasteiger partial charge in [-0.25, -0.2) is 13.1 Å². The Hall–Kier alpha value is -1.15. The zero-order valence-corrected chi connectivity index (χ0v) is 12.1. The number of hydrogen-bond acceptors (Lipinski definition) is 4. The van der Waals surface area contributed by atoms with Crippen LogP contribution < -0.4 is 10.0 Å². The first-order valence-corrected chi connectivity index (χ1v) is 8.14. The fourth-order valence-corrected chi connectivity index (χ4v) is 2.58. The Kier molecular flexibility index (Phi) is 5.74. The van der Waals surface area contributed by atoms with E-state index in [-0.39, 0.29) is 24.3 Å². The monoisotopic (exact) mass is 291 g/mol. The van der Waals surface area contributed by atoms with Crippen LogP contribution in [0.2, 0.25) is 0 Å². The number of rotatable bonds is 5. The molecule has 1 fully saturated rings. The van der Waals surface area contributed by atoms with Crippen molar-refractivity contribution >= 4 is 21.8 Å². The summed E-state index contributed by atoms with van der Waals surface area (Å²) in [6.07, 6.45) is 2.86. The van der Waals surface area contributed by atoms with Crippen molar-refractivity contribution in [3.8, 4) is 0 Å². The maximum absolute atomic E-state index is 11.8. The number of amides is 2. The third-order valence-corrected chi connectivity index (χ3v) is 3.69. The van der Waals surface area contributed by atoms with E-state index in [1.807, 2.05) is 0 Å². The molecule has 2 amide bonds. The number of likely N-dealkylation sites (tertiary alicyclic amines) is 1. The average molecular weight is 291 g/mol. The van der Waals surface area contributed by atoms with Gasteiger partial charge in [-0.15, -0.1) is 0 Å². The second-order valence-corrected chi connectivity index (χ2v) is 6.71. The second-order valence-electron chi connectivity index (χ2n) is 4.88. The number of carbonyl (C=O) groups is 2. The molecule has 0 aromatic rings. The van der Waals surface area contributed by atoms with Crippen molar-refractivity contribution in [1.82, 2.24) is 14.9 Å². The number of nitrogens with zero attached hydrogens (tertiary/aromatic N) is 1. The quantitative estimate of drug-likeness (QED) is 0.673. The van der Waals surface area contributed by atoms with Gasteiger partial charge in [-0.3, -0.25) is 9.59 Å². The molecule has 0 radical (unpaired) electrons. The minimum absolute atomic E-state index is 0.00155. The average Bonchev–Trinajstić information content (AvgIpc) is 2.33. The van der Waals surface area contributed by atoms with E-state index in [9.17, 15) is 18.0 Å². The fourth-order valence-electron chi connectivity index (χ4n) is 2.04. The van der Waals surface area contributed by atoms with E-state index in [1.165, 1.54) is 6.92 Å². The van der Waals surface area contributed by atoms with Gasteiger partial charge in [0.05, 0.1) is 12.8 Å². The van der Waals surface area contributed by atoms with Crippen molar-refractivity contribution in [2.75, 3.05) is 32.4 Å². The molecule has 0 aromatic heterocycles. The van der Waals surface area contributed by atoms with Crippen LogP contribution in [0.4, 0.5) is 0 Å². The van der Waals surface area contributed by atoms with Gasteiger partial charge in [0.25, 0.3) is 0 Å². The molecular formula is C11H21N3O4S. The van der Waals surface area contributed by atoms with Crippen molar-refractivity contribution in [3.05, 3.63) is 0 Å². The molecular weight excluding hydrogens is 270 g/mol. The van der Waals surface area contributed by atoms with Gasteiger partial charge in [-0.05, 0) is 18.8 Å². The minimum atomic E-state index is -3.19. The lowest BCUT2D eigenvalue weighted by atomic mass is 9.98. The zero-order chi connectivity index (χ0) is 14.5. The molecule has 0 bridgehead atoms. The van der Waals surface area contributed by atoms with E-state index < -0.39 is 10.0 Å². The predicted octanol–water partition coefficient (Wildman–Crippen LogP) is -1.09. The second kappa shape index (κ2) is 6.85. The Morgan fingerprint density at radius 2 is 2.05 bits per heavy atom. The molecule has 0 spiro atoms. The summed E-state index contributed by atoms with van der Waals surface area (Å²) in [4.78, 5) is 24.2. The molecule has 1 saturated heterocycles. The van der Waals surface area contributed by atoms with E-state index in [4.69, 9.17) is 0 Å². The molecule has 0 aromatic carbocycles. The summed E-state index contributed by atoms with van der Waals surface area (Å²) in [7, 11) is -3.19. The lowest BCUT2D eigenvalue weighted by Gasteiger charge is -2.32. The van der Waals surface area contributed by atoms with Crippen LogP contribution in [0, 0.1) is 5.92 Å². The van der Waals surface area contributed by atoms with Crippen LogP contribution in [-0.4, -0.2) is 57.6 Å². The van der Waals surface area contributed by atoms with Gasteiger partial charge in [0.15, 0.2) is 0 Å². The van der Waals surface area contributed by atoms with Crippen LogP contribution in [0.1, 0.15) is 19.8 Å². The van der Waals surface area contributed by atoms with E-state index >= 15 is 0 Å². The predicted molar refractivity (Wildman–Crippen MR) is 70.8 cm³/mol. The molecule has 1 aliphatic rings. The first-order chi connectivity index (χ1) is 8.78. The van der Waals surface area contributed by atoms with Crippen LogP contribution in [0.3, 0.4) is 0 Å². The maximum Gasteiger partial charge on any atom is 0.241 e. The Morgan fingerprint density at radius 1 is 1.37 bits per heavy atom. The molecule has 0 saturated carbocycles. The van der Waals surface area contributed by atoms with E-state index in [1.54, 1.807) is 4.90 Å². The molecule has 1 heterocycles. The Bertz CT molecular complexity index is 435. The summed E-state index contributed by atoms with van der Waals surface area (Å²) in [5.74, 6) is -0.232. The summed E-state index contributed by atoms with van der Waals surface area (Å²) < 4.78 is 24.5. The molecule has 19 heavy (non-hydrogen) atoms. The van der Waals surface area contributed by atoms with Crippen LogP contribution in [0.25, 0.3) is 0 Å². The fraction of sp³-hybridized carbons (Fsp3) is 0.818. The third kappa shape index (κ3) is 6.53. The maximum atomic E-state index is 11.8. The standard InChI is InChI=1S/C11H21N3O4S/c1-9(15)12-7-11(16)14-5-3-4-10(8-14)6-13-19(2,17)18/h10,13H,3-8H2,1-2H3,(H,12,15). The van der Waals surface area contributed by atoms with Crippen LogP contribution >= 0.6 is 0 Å². The molecule has 1 rings (SSSR count). The molecule has 7 nitrogen and oxygen atoms in total. The highest BCUT2D eigenvalue weighted by atomic mass is 32.2. The molecule has 1 atom stereocenters. The normalized spacial score (nSPS) is 20.1. The first kappa shape index (κ1) is 15.9. The van der Waals surface area contributed by atoms with Crippen molar-refractivity contribution in [2.45, 2.75) is 19.8 Å². The third-order valence-electron chi connectivity index (χ3n) is 2.99. The highest BCUT2D eigenvalue weighted by Gasteiger charge is 2.24. The Morgan fingerprint density at radius 3 is 2.63 bits per heavy atom. The van der Waals surface area contributed by atoms with Crippen LogP contribution in [0.5, 0.6) is 0 Å². The van der Waals surface area contributed by atoms with Crippen molar-refractivity contribution in [1.29, 1.82) is 0 Å². The van der Waals surface area contributed by atoms with Crippen LogP contribution in [-0.2, 0) is 19.6 Å². The molecule has 8 heteroatoms. The number of sulfonamides is 1. The molecule has 0 aliphatic carbocycles. The SMILES string of the molecule is CC(=O)NCC(=O)N1CCCC(CNS(C)(=O)=O)C1. The minimum Gasteiger partial charge on any atom is -0.347 e. The lowest BCUT2D eigenvalue weighted by molar-refractivity contribution is -0.134. The van der Waals surface area contributed by atoms with Gasteiger partial charge in [0.1, 0.15) is 0 Å². The smallest absolute Gasteiger partial charge is 0.241 e. The largest absolute Gasteiger partial charge is 0.347 e. The van der Waals surface area contributed by atoms with Gasteiger partial charge >= 0.3 is 0 Å². The van der Waals surface area contributed by atoms with Crippen molar-refractivity contribution < 1.29 is 18.0 Å². The summed E-state index contributed by atoms with van der Waals surface area (Å²) in [6, 6.07) is 0. The van der Waals surface area contributed by atoms with Crippen molar-refractivity contribution in [3.63, 3.8) is 0 Å². The summed E-state index contributed by atoms with van der Waals surface area (Å²) in [5.41, 5.74) is 0. The van der Waals surface area contributed by atoms with E-state index in [2.05, 4.69) is 10.0 Å². The summed E-state index contributed by atoms with van der Waals surface area (Å²) in [6.45, 7) is 2.90. The highest BCUT2D eigenvalue weighted by molar-refractivity contribution is 7.88. The topological polar surface area (TPSA) is 95.6 Å². The van der Waals surface area contributed by atoms with Gasteiger partial charge in [0.2, 0.25) is 21.8 Å². The number of hydrogen-bond donors (Lipinski definition) is 2. The van der Waals surface area contributed by atoms with Crippen molar-refractivity contribution in [2.24, 2.45) is 5.92 Å². The molecule has 1 aliphatic heterocycles. The zero-order valence-electron chi connectivity index (χ0n) is 11.3. The lowest BCUT2D eigenvalue weighted by Crippen LogP contribution is -2.46. The van der Waals surface area contributed by atoms with E-state index in [0.29, 0.717) is 19.6 Å². The summed E-state index contributed by atoms with van der Waals surface area (Å²) >= 11 is 0. The summed E-state index contributed by atoms with van der Waals surface area (Å²) in [5, 5.41) is 2.47. The molecule has 2 N–H and O–H groups in total. The molecule has 110 valence electrons. The highest BCUT2D eigenvalue weighted by Crippen LogP contribution is 2.15. The Balaban J connectivity index is 2.41.